The van der Waals surface area contributed by atoms with Gasteiger partial charge in [0, 0.05) is 18.7 Å². The van der Waals surface area contributed by atoms with Gasteiger partial charge >= 0.3 is 0 Å². The molecule has 0 aromatic heterocycles. The van der Waals surface area contributed by atoms with E-state index in [2.05, 4.69) is 18.2 Å². The van der Waals surface area contributed by atoms with Crippen molar-refractivity contribution < 1.29 is 9.90 Å². The molecule has 0 saturated heterocycles. The molecule has 108 valence electrons. The number of carbonyl (C=O) groups is 1. The van der Waals surface area contributed by atoms with Crippen molar-refractivity contribution in [3.63, 3.8) is 0 Å². The first-order chi connectivity index (χ1) is 10.1. The zero-order valence-electron chi connectivity index (χ0n) is 12.1. The maximum Gasteiger partial charge on any atom is 0.230 e. The zero-order valence-corrected chi connectivity index (χ0v) is 12.1. The van der Waals surface area contributed by atoms with Crippen molar-refractivity contribution in [3.05, 3.63) is 59.7 Å². The summed E-state index contributed by atoms with van der Waals surface area (Å²) in [4.78, 5) is 14.3. The average molecular weight is 281 g/mol. The van der Waals surface area contributed by atoms with E-state index < -0.39 is 0 Å². The molecule has 3 heteroatoms. The number of fused-ring (bicyclic) bond motifs is 1. The van der Waals surface area contributed by atoms with Gasteiger partial charge < -0.3 is 10.0 Å². The SMILES string of the molecule is CN(C(=O)C1CCc2ccccc2C1)c1ccc(O)cc1. The van der Waals surface area contributed by atoms with Crippen LogP contribution in [-0.4, -0.2) is 18.1 Å². The lowest BCUT2D eigenvalue weighted by atomic mass is 9.83. The quantitative estimate of drug-likeness (QED) is 0.918. The van der Waals surface area contributed by atoms with Gasteiger partial charge in [-0.15, -0.1) is 0 Å². The molecule has 0 fully saturated rings. The lowest BCUT2D eigenvalue weighted by Crippen LogP contribution is -2.35. The predicted octanol–water partition coefficient (Wildman–Crippen LogP) is 3.16. The van der Waals surface area contributed by atoms with Gasteiger partial charge in [0.25, 0.3) is 0 Å². The third-order valence-electron chi connectivity index (χ3n) is 4.26. The van der Waals surface area contributed by atoms with E-state index in [4.69, 9.17) is 0 Å². The Morgan fingerprint density at radius 1 is 1.10 bits per heavy atom. The Bertz CT molecular complexity index is 649. The molecule has 1 aliphatic carbocycles. The minimum atomic E-state index is 0.0405. The van der Waals surface area contributed by atoms with Crippen LogP contribution in [0.2, 0.25) is 0 Å². The van der Waals surface area contributed by atoms with Gasteiger partial charge in [0.1, 0.15) is 5.75 Å². The molecule has 0 radical (unpaired) electrons. The number of anilines is 1. The summed E-state index contributed by atoms with van der Waals surface area (Å²) in [5.74, 6) is 0.403. The highest BCUT2D eigenvalue weighted by Gasteiger charge is 2.27. The minimum Gasteiger partial charge on any atom is -0.508 e. The molecule has 2 aromatic carbocycles. The molecule has 0 bridgehead atoms. The van der Waals surface area contributed by atoms with Gasteiger partial charge in [-0.3, -0.25) is 4.79 Å². The van der Waals surface area contributed by atoms with E-state index in [1.165, 1.54) is 11.1 Å². The molecule has 1 unspecified atom stereocenters. The maximum atomic E-state index is 12.7. The number of aryl methyl sites for hydroxylation is 1. The van der Waals surface area contributed by atoms with Crippen molar-refractivity contribution in [2.45, 2.75) is 19.3 Å². The monoisotopic (exact) mass is 281 g/mol. The molecule has 1 atom stereocenters. The summed E-state index contributed by atoms with van der Waals surface area (Å²) < 4.78 is 0. The summed E-state index contributed by atoms with van der Waals surface area (Å²) in [5, 5.41) is 9.33. The Kier molecular flexibility index (Phi) is 3.65. The van der Waals surface area contributed by atoms with Gasteiger partial charge in [0.2, 0.25) is 5.91 Å². The molecule has 3 nitrogen and oxygen atoms in total. The smallest absolute Gasteiger partial charge is 0.230 e. The summed E-state index contributed by atoms with van der Waals surface area (Å²) in [7, 11) is 1.80. The van der Waals surface area contributed by atoms with E-state index in [0.717, 1.165) is 24.9 Å². The number of phenolic OH excluding ortho intramolecular Hbond substituents is 1. The number of benzene rings is 2. The fraction of sp³-hybridized carbons (Fsp3) is 0.278. The van der Waals surface area contributed by atoms with Gasteiger partial charge in [-0.2, -0.15) is 0 Å². The number of amides is 1. The van der Waals surface area contributed by atoms with Crippen molar-refractivity contribution in [1.29, 1.82) is 0 Å². The highest BCUT2D eigenvalue weighted by atomic mass is 16.3. The van der Waals surface area contributed by atoms with Crippen molar-refractivity contribution in [3.8, 4) is 5.75 Å². The van der Waals surface area contributed by atoms with Crippen LogP contribution < -0.4 is 4.90 Å². The summed E-state index contributed by atoms with van der Waals surface area (Å²) in [6.07, 6.45) is 2.69. The number of hydrogen-bond acceptors (Lipinski definition) is 2. The first-order valence-corrected chi connectivity index (χ1v) is 7.28. The predicted molar refractivity (Wildman–Crippen MR) is 83.5 cm³/mol. The molecule has 1 N–H and O–H groups in total. The second kappa shape index (κ2) is 5.60. The molecule has 0 aliphatic heterocycles. The summed E-state index contributed by atoms with van der Waals surface area (Å²) in [5.41, 5.74) is 3.48. The van der Waals surface area contributed by atoms with Crippen molar-refractivity contribution in [2.75, 3.05) is 11.9 Å². The molecule has 21 heavy (non-hydrogen) atoms. The molecular weight excluding hydrogens is 262 g/mol. The highest BCUT2D eigenvalue weighted by molar-refractivity contribution is 5.94. The Labute approximate surface area is 124 Å². The molecule has 1 amide bonds. The van der Waals surface area contributed by atoms with Crippen LogP contribution in [0.5, 0.6) is 5.75 Å². The second-order valence-electron chi connectivity index (χ2n) is 5.62. The largest absolute Gasteiger partial charge is 0.508 e. The van der Waals surface area contributed by atoms with E-state index in [0.29, 0.717) is 0 Å². The number of phenols is 1. The standard InChI is InChI=1S/C18H19NO2/c1-19(16-8-10-17(20)11-9-16)18(21)15-7-6-13-4-2-3-5-14(13)12-15/h2-5,8-11,15,20H,6-7,12H2,1H3. The highest BCUT2D eigenvalue weighted by Crippen LogP contribution is 2.28. The van der Waals surface area contributed by atoms with Crippen LogP contribution in [0, 0.1) is 5.92 Å². The van der Waals surface area contributed by atoms with Crippen molar-refractivity contribution >= 4 is 11.6 Å². The van der Waals surface area contributed by atoms with E-state index >= 15 is 0 Å². The molecule has 1 aliphatic rings. The number of nitrogens with zero attached hydrogens (tertiary/aromatic N) is 1. The third kappa shape index (κ3) is 2.77. The van der Waals surface area contributed by atoms with E-state index in [1.54, 1.807) is 36.2 Å². The number of hydrogen-bond donors (Lipinski definition) is 1. The first kappa shape index (κ1) is 13.7. The van der Waals surface area contributed by atoms with Crippen LogP contribution in [0.3, 0.4) is 0 Å². The molecule has 0 heterocycles. The normalized spacial score (nSPS) is 17.1. The molecule has 0 spiro atoms. The van der Waals surface area contributed by atoms with Gasteiger partial charge in [0.05, 0.1) is 0 Å². The first-order valence-electron chi connectivity index (χ1n) is 7.28. The fourth-order valence-electron chi connectivity index (χ4n) is 2.99. The second-order valence-corrected chi connectivity index (χ2v) is 5.62. The molecule has 2 aromatic rings. The zero-order chi connectivity index (χ0) is 14.8. The van der Waals surface area contributed by atoms with E-state index in [1.807, 2.05) is 6.07 Å². The van der Waals surface area contributed by atoms with Gasteiger partial charge in [0.15, 0.2) is 0 Å². The summed E-state index contributed by atoms with van der Waals surface area (Å²) in [6, 6.07) is 15.1. The lowest BCUT2D eigenvalue weighted by Gasteiger charge is -2.28. The number of carbonyl (C=O) groups excluding carboxylic acids is 1. The topological polar surface area (TPSA) is 40.5 Å². The summed E-state index contributed by atoms with van der Waals surface area (Å²) >= 11 is 0. The maximum absolute atomic E-state index is 12.7. The molecule has 0 saturated carbocycles. The molecular formula is C18H19NO2. The Morgan fingerprint density at radius 2 is 1.76 bits per heavy atom. The number of rotatable bonds is 2. The Morgan fingerprint density at radius 3 is 2.48 bits per heavy atom. The lowest BCUT2D eigenvalue weighted by molar-refractivity contribution is -0.122. The van der Waals surface area contributed by atoms with Gasteiger partial charge in [-0.05, 0) is 54.7 Å². The van der Waals surface area contributed by atoms with Gasteiger partial charge in [-0.25, -0.2) is 0 Å². The van der Waals surface area contributed by atoms with Crippen molar-refractivity contribution in [1.82, 2.24) is 0 Å². The van der Waals surface area contributed by atoms with Crippen molar-refractivity contribution in [2.24, 2.45) is 5.92 Å². The minimum absolute atomic E-state index is 0.0405. The van der Waals surface area contributed by atoms with E-state index in [9.17, 15) is 9.90 Å². The number of aromatic hydroxyl groups is 1. The van der Waals surface area contributed by atoms with Crippen LogP contribution in [0.15, 0.2) is 48.5 Å². The Balaban J connectivity index is 1.75. The van der Waals surface area contributed by atoms with Crippen LogP contribution in [0.25, 0.3) is 0 Å². The van der Waals surface area contributed by atoms with Gasteiger partial charge in [-0.1, -0.05) is 24.3 Å². The third-order valence-corrected chi connectivity index (χ3v) is 4.26. The van der Waals surface area contributed by atoms with Crippen LogP contribution in [-0.2, 0) is 17.6 Å². The van der Waals surface area contributed by atoms with Crippen LogP contribution >= 0.6 is 0 Å². The molecule has 3 rings (SSSR count). The Hall–Kier alpha value is -2.29. The van der Waals surface area contributed by atoms with Crippen LogP contribution in [0.4, 0.5) is 5.69 Å². The average Bonchev–Trinajstić information content (AvgIpc) is 2.54. The summed E-state index contributed by atoms with van der Waals surface area (Å²) in [6.45, 7) is 0. The van der Waals surface area contributed by atoms with E-state index in [-0.39, 0.29) is 17.6 Å². The fourth-order valence-corrected chi connectivity index (χ4v) is 2.99. The van der Waals surface area contributed by atoms with Crippen LogP contribution in [0.1, 0.15) is 17.5 Å².